The summed E-state index contributed by atoms with van der Waals surface area (Å²) in [7, 11) is 0. The van der Waals surface area contributed by atoms with Gasteiger partial charge in [0, 0.05) is 9.86 Å². The van der Waals surface area contributed by atoms with Gasteiger partial charge in [0.15, 0.2) is 0 Å². The van der Waals surface area contributed by atoms with Crippen LogP contribution in [0.15, 0.2) is 41.0 Å². The van der Waals surface area contributed by atoms with E-state index in [4.69, 9.17) is 0 Å². The van der Waals surface area contributed by atoms with Crippen molar-refractivity contribution in [1.82, 2.24) is 9.61 Å². The number of aromatic nitrogens is 2. The van der Waals surface area contributed by atoms with Gasteiger partial charge >= 0.3 is 0 Å². The van der Waals surface area contributed by atoms with Crippen LogP contribution in [0, 0.1) is 6.92 Å². The number of nitrogens with zero attached hydrogens (tertiary/aromatic N) is 2. The molecule has 0 saturated carbocycles. The maximum atomic E-state index is 4.34. The average Bonchev–Trinajstić information content (AvgIpc) is 2.66. The number of halogens is 1. The van der Waals surface area contributed by atoms with Crippen molar-refractivity contribution in [2.24, 2.45) is 0 Å². The molecule has 15 heavy (non-hydrogen) atoms. The maximum absolute atomic E-state index is 4.34. The highest BCUT2D eigenvalue weighted by molar-refractivity contribution is 9.10. The lowest BCUT2D eigenvalue weighted by molar-refractivity contribution is 0.999. The third kappa shape index (κ3) is 1.27. The first kappa shape index (κ1) is 8.92. The average molecular weight is 261 g/mol. The molecule has 3 heteroatoms. The second kappa shape index (κ2) is 3.07. The van der Waals surface area contributed by atoms with E-state index in [9.17, 15) is 0 Å². The molecular weight excluding hydrogens is 252 g/mol. The molecule has 0 aliphatic carbocycles. The maximum Gasteiger partial charge on any atom is 0.0725 e. The molecule has 0 bridgehead atoms. The molecule has 0 fully saturated rings. The van der Waals surface area contributed by atoms with Crippen molar-refractivity contribution in [3.05, 3.63) is 46.6 Å². The number of aryl methyl sites for hydroxylation is 1. The van der Waals surface area contributed by atoms with Gasteiger partial charge in [0.05, 0.1) is 17.2 Å². The summed E-state index contributed by atoms with van der Waals surface area (Å²) >= 11 is 3.48. The molecule has 3 aromatic rings. The number of hydrogen-bond donors (Lipinski definition) is 0. The van der Waals surface area contributed by atoms with Gasteiger partial charge in [-0.25, -0.2) is 4.52 Å². The molecule has 1 aromatic carbocycles. The summed E-state index contributed by atoms with van der Waals surface area (Å²) in [5.74, 6) is 0. The van der Waals surface area contributed by atoms with E-state index in [-0.39, 0.29) is 0 Å². The van der Waals surface area contributed by atoms with Gasteiger partial charge in [-0.2, -0.15) is 5.10 Å². The Morgan fingerprint density at radius 3 is 2.87 bits per heavy atom. The normalized spacial score (nSPS) is 11.3. The van der Waals surface area contributed by atoms with Gasteiger partial charge in [-0.1, -0.05) is 15.9 Å². The summed E-state index contributed by atoms with van der Waals surface area (Å²) in [5, 5.41) is 5.55. The highest BCUT2D eigenvalue weighted by atomic mass is 79.9. The molecule has 0 atom stereocenters. The minimum absolute atomic E-state index is 1.10. The van der Waals surface area contributed by atoms with Crippen LogP contribution in [-0.2, 0) is 0 Å². The van der Waals surface area contributed by atoms with Crippen molar-refractivity contribution in [3.63, 3.8) is 0 Å². The van der Waals surface area contributed by atoms with E-state index in [0.29, 0.717) is 0 Å². The molecule has 3 rings (SSSR count). The molecule has 0 N–H and O–H groups in total. The third-order valence-electron chi connectivity index (χ3n) is 2.64. The molecule has 2 nitrogen and oxygen atoms in total. The fraction of sp³-hybridized carbons (Fsp3) is 0.0833. The smallest absolute Gasteiger partial charge is 0.0725 e. The molecule has 0 unspecified atom stereocenters. The Morgan fingerprint density at radius 1 is 1.13 bits per heavy atom. The van der Waals surface area contributed by atoms with Gasteiger partial charge < -0.3 is 0 Å². The third-order valence-corrected chi connectivity index (χ3v) is 3.13. The van der Waals surface area contributed by atoms with Crippen LogP contribution in [0.4, 0.5) is 0 Å². The molecule has 0 amide bonds. The van der Waals surface area contributed by atoms with Crippen molar-refractivity contribution in [2.75, 3.05) is 0 Å². The summed E-state index contributed by atoms with van der Waals surface area (Å²) in [6, 6.07) is 10.5. The van der Waals surface area contributed by atoms with Crippen LogP contribution in [0.1, 0.15) is 5.56 Å². The molecule has 0 radical (unpaired) electrons. The standard InChI is InChI=1S/C12H9BrN2/c1-8-6-9-7-10(13)2-3-12(9)15-11(8)4-5-14-15/h2-7H,1H3. The number of pyridine rings is 1. The Hall–Kier alpha value is -1.35. The van der Waals surface area contributed by atoms with E-state index in [2.05, 4.69) is 46.2 Å². The molecular formula is C12H9BrN2. The first-order chi connectivity index (χ1) is 7.25. The summed E-state index contributed by atoms with van der Waals surface area (Å²) in [6.45, 7) is 2.11. The van der Waals surface area contributed by atoms with Crippen LogP contribution in [0.5, 0.6) is 0 Å². The molecule has 0 saturated heterocycles. The van der Waals surface area contributed by atoms with Gasteiger partial charge in [0.25, 0.3) is 0 Å². The van der Waals surface area contributed by atoms with Crippen LogP contribution in [0.3, 0.4) is 0 Å². The van der Waals surface area contributed by atoms with Crippen molar-refractivity contribution in [2.45, 2.75) is 6.92 Å². The van der Waals surface area contributed by atoms with Gasteiger partial charge in [-0.15, -0.1) is 0 Å². The first-order valence-electron chi connectivity index (χ1n) is 4.78. The van der Waals surface area contributed by atoms with E-state index in [1.165, 1.54) is 16.5 Å². The fourth-order valence-electron chi connectivity index (χ4n) is 1.93. The quantitative estimate of drug-likeness (QED) is 0.604. The molecule has 0 aliphatic rings. The number of benzene rings is 1. The zero-order valence-corrected chi connectivity index (χ0v) is 9.82. The Bertz CT molecular complexity index is 655. The van der Waals surface area contributed by atoms with Crippen LogP contribution < -0.4 is 0 Å². The van der Waals surface area contributed by atoms with Crippen LogP contribution in [0.25, 0.3) is 16.4 Å². The SMILES string of the molecule is Cc1cc2cc(Br)ccc2n2nccc12. The second-order valence-corrected chi connectivity index (χ2v) is 4.57. The van der Waals surface area contributed by atoms with E-state index < -0.39 is 0 Å². The largest absolute Gasteiger partial charge is 0.233 e. The topological polar surface area (TPSA) is 17.3 Å². The highest BCUT2D eigenvalue weighted by Gasteiger charge is 2.04. The van der Waals surface area contributed by atoms with Crippen molar-refractivity contribution in [1.29, 1.82) is 0 Å². The Labute approximate surface area is 95.7 Å². The highest BCUT2D eigenvalue weighted by Crippen LogP contribution is 2.23. The predicted molar refractivity (Wildman–Crippen MR) is 65.1 cm³/mol. The Morgan fingerprint density at radius 2 is 2.00 bits per heavy atom. The number of hydrogen-bond acceptors (Lipinski definition) is 1. The van der Waals surface area contributed by atoms with Crippen molar-refractivity contribution in [3.8, 4) is 0 Å². The van der Waals surface area contributed by atoms with Gasteiger partial charge in [-0.05, 0) is 42.8 Å². The molecule has 74 valence electrons. The molecule has 0 aliphatic heterocycles. The van der Waals surface area contributed by atoms with Crippen LogP contribution in [-0.4, -0.2) is 9.61 Å². The summed E-state index contributed by atoms with van der Waals surface area (Å²) in [6.07, 6.45) is 1.84. The summed E-state index contributed by atoms with van der Waals surface area (Å²) in [5.41, 5.74) is 3.56. The van der Waals surface area contributed by atoms with Crippen molar-refractivity contribution < 1.29 is 0 Å². The second-order valence-electron chi connectivity index (χ2n) is 3.66. The lowest BCUT2D eigenvalue weighted by atomic mass is 10.1. The predicted octanol–water partition coefficient (Wildman–Crippen LogP) is 3.56. The van der Waals surface area contributed by atoms with Crippen molar-refractivity contribution >= 4 is 32.3 Å². The van der Waals surface area contributed by atoms with Crippen LogP contribution >= 0.6 is 15.9 Å². The van der Waals surface area contributed by atoms with E-state index in [1.807, 2.05) is 22.8 Å². The van der Waals surface area contributed by atoms with Crippen LogP contribution in [0.2, 0.25) is 0 Å². The fourth-order valence-corrected chi connectivity index (χ4v) is 2.31. The number of rotatable bonds is 0. The molecule has 0 spiro atoms. The Balaban J connectivity index is 2.60. The van der Waals surface area contributed by atoms with E-state index >= 15 is 0 Å². The zero-order valence-electron chi connectivity index (χ0n) is 8.24. The summed E-state index contributed by atoms with van der Waals surface area (Å²) in [4.78, 5) is 0. The molecule has 2 heterocycles. The minimum atomic E-state index is 1.10. The zero-order chi connectivity index (χ0) is 10.4. The Kier molecular flexibility index (Phi) is 1.83. The first-order valence-corrected chi connectivity index (χ1v) is 5.57. The summed E-state index contributed by atoms with van der Waals surface area (Å²) < 4.78 is 3.08. The van der Waals surface area contributed by atoms with Gasteiger partial charge in [0.2, 0.25) is 0 Å². The van der Waals surface area contributed by atoms with Gasteiger partial charge in [-0.3, -0.25) is 0 Å². The lowest BCUT2D eigenvalue weighted by Crippen LogP contribution is -1.92. The molecule has 2 aromatic heterocycles. The number of fused-ring (bicyclic) bond motifs is 3. The van der Waals surface area contributed by atoms with Gasteiger partial charge in [0.1, 0.15) is 0 Å². The lowest BCUT2D eigenvalue weighted by Gasteiger charge is -2.04. The van der Waals surface area contributed by atoms with E-state index in [0.717, 1.165) is 9.99 Å². The minimum Gasteiger partial charge on any atom is -0.233 e. The monoisotopic (exact) mass is 260 g/mol. The van der Waals surface area contributed by atoms with E-state index in [1.54, 1.807) is 0 Å².